The predicted octanol–water partition coefficient (Wildman–Crippen LogP) is 4.04. The first-order valence-electron chi connectivity index (χ1n) is 6.78. The predicted molar refractivity (Wildman–Crippen MR) is 80.2 cm³/mol. The van der Waals surface area contributed by atoms with Crippen molar-refractivity contribution in [3.05, 3.63) is 65.5 Å². The Morgan fingerprint density at radius 2 is 1.70 bits per heavy atom. The lowest BCUT2D eigenvalue weighted by molar-refractivity contribution is 0.164. The summed E-state index contributed by atoms with van der Waals surface area (Å²) in [5.41, 5.74) is 2.21. The van der Waals surface area contributed by atoms with Crippen LogP contribution in [0, 0.1) is 12.7 Å². The Hall–Kier alpha value is -1.87. The largest absolute Gasteiger partial charge is 0.369 e. The highest BCUT2D eigenvalue weighted by Gasteiger charge is 2.21. The molecule has 0 aliphatic carbocycles. The maximum atomic E-state index is 13.4. The van der Waals surface area contributed by atoms with Gasteiger partial charge in [0.1, 0.15) is 5.82 Å². The van der Waals surface area contributed by atoms with Crippen LogP contribution in [0.4, 0.5) is 10.1 Å². The third-order valence-electron chi connectivity index (χ3n) is 3.36. The van der Waals surface area contributed by atoms with Gasteiger partial charge in [-0.05, 0) is 44.5 Å². The second-order valence-corrected chi connectivity index (χ2v) is 5.22. The van der Waals surface area contributed by atoms with Crippen molar-refractivity contribution >= 4 is 5.69 Å². The van der Waals surface area contributed by atoms with E-state index in [1.807, 2.05) is 49.1 Å². The SMILES string of the molecule is Cc1cc(N(C(C)C)C(O)c2ccccc2)ccc1F. The molecule has 0 aromatic heterocycles. The van der Waals surface area contributed by atoms with E-state index >= 15 is 0 Å². The zero-order valence-electron chi connectivity index (χ0n) is 12.0. The molecule has 0 heterocycles. The van der Waals surface area contributed by atoms with Gasteiger partial charge in [0.25, 0.3) is 0 Å². The van der Waals surface area contributed by atoms with E-state index in [0.29, 0.717) is 5.56 Å². The third kappa shape index (κ3) is 2.99. The van der Waals surface area contributed by atoms with Crippen molar-refractivity contribution in [3.63, 3.8) is 0 Å². The van der Waals surface area contributed by atoms with E-state index in [4.69, 9.17) is 0 Å². The van der Waals surface area contributed by atoms with Gasteiger partial charge in [0.2, 0.25) is 0 Å². The van der Waals surface area contributed by atoms with Gasteiger partial charge in [0, 0.05) is 17.3 Å². The van der Waals surface area contributed by atoms with Crippen LogP contribution >= 0.6 is 0 Å². The molecule has 2 rings (SSSR count). The molecule has 0 spiro atoms. The van der Waals surface area contributed by atoms with Crippen molar-refractivity contribution in [1.82, 2.24) is 0 Å². The minimum Gasteiger partial charge on any atom is -0.369 e. The fourth-order valence-corrected chi connectivity index (χ4v) is 2.30. The summed E-state index contributed by atoms with van der Waals surface area (Å²) in [4.78, 5) is 1.88. The molecule has 106 valence electrons. The highest BCUT2D eigenvalue weighted by Crippen LogP contribution is 2.28. The Morgan fingerprint density at radius 1 is 1.05 bits per heavy atom. The molecular formula is C17H20FNO. The van der Waals surface area contributed by atoms with Gasteiger partial charge >= 0.3 is 0 Å². The molecule has 2 aromatic rings. The number of rotatable bonds is 4. The molecule has 2 nitrogen and oxygen atoms in total. The molecule has 0 amide bonds. The first-order chi connectivity index (χ1) is 9.50. The second kappa shape index (κ2) is 6.06. The van der Waals surface area contributed by atoms with Crippen LogP contribution in [0.15, 0.2) is 48.5 Å². The van der Waals surface area contributed by atoms with Crippen LogP contribution in [0.5, 0.6) is 0 Å². The van der Waals surface area contributed by atoms with E-state index in [0.717, 1.165) is 11.3 Å². The summed E-state index contributed by atoms with van der Waals surface area (Å²) in [6, 6.07) is 14.5. The first kappa shape index (κ1) is 14.5. The molecule has 3 heteroatoms. The Balaban J connectivity index is 2.38. The number of aryl methyl sites for hydroxylation is 1. The molecule has 0 saturated carbocycles. The van der Waals surface area contributed by atoms with Gasteiger partial charge in [-0.2, -0.15) is 0 Å². The van der Waals surface area contributed by atoms with Crippen molar-refractivity contribution < 1.29 is 9.50 Å². The Morgan fingerprint density at radius 3 is 2.25 bits per heavy atom. The number of benzene rings is 2. The highest BCUT2D eigenvalue weighted by molar-refractivity contribution is 5.51. The maximum Gasteiger partial charge on any atom is 0.153 e. The van der Waals surface area contributed by atoms with Crippen LogP contribution in [0.3, 0.4) is 0 Å². The third-order valence-corrected chi connectivity index (χ3v) is 3.36. The van der Waals surface area contributed by atoms with Crippen LogP contribution in [0.1, 0.15) is 31.2 Å². The molecule has 0 bridgehead atoms. The van der Waals surface area contributed by atoms with Crippen molar-refractivity contribution in [2.45, 2.75) is 33.0 Å². The lowest BCUT2D eigenvalue weighted by Gasteiger charge is -2.34. The van der Waals surface area contributed by atoms with Crippen LogP contribution in [-0.4, -0.2) is 11.1 Å². The fourth-order valence-electron chi connectivity index (χ4n) is 2.30. The summed E-state index contributed by atoms with van der Waals surface area (Å²) < 4.78 is 13.4. The number of hydrogen-bond donors (Lipinski definition) is 1. The van der Waals surface area contributed by atoms with Gasteiger partial charge in [-0.3, -0.25) is 0 Å². The molecule has 0 fully saturated rings. The van der Waals surface area contributed by atoms with Gasteiger partial charge in [-0.1, -0.05) is 30.3 Å². The van der Waals surface area contributed by atoms with E-state index in [-0.39, 0.29) is 11.9 Å². The van der Waals surface area contributed by atoms with Gasteiger partial charge in [-0.15, -0.1) is 0 Å². The normalized spacial score (nSPS) is 12.5. The van der Waals surface area contributed by atoms with Crippen molar-refractivity contribution in [1.29, 1.82) is 0 Å². The average molecular weight is 273 g/mol. The summed E-state index contributed by atoms with van der Waals surface area (Å²) in [7, 11) is 0. The van der Waals surface area contributed by atoms with Gasteiger partial charge in [0.15, 0.2) is 6.23 Å². The molecule has 1 N–H and O–H groups in total. The Kier molecular flexibility index (Phi) is 4.40. The quantitative estimate of drug-likeness (QED) is 0.850. The van der Waals surface area contributed by atoms with E-state index in [1.54, 1.807) is 19.1 Å². The zero-order valence-corrected chi connectivity index (χ0v) is 12.0. The Bertz CT molecular complexity index is 568. The second-order valence-electron chi connectivity index (χ2n) is 5.22. The molecule has 0 saturated heterocycles. The number of aliphatic hydroxyl groups is 1. The number of halogens is 1. The summed E-state index contributed by atoms with van der Waals surface area (Å²) in [5.74, 6) is -0.230. The molecular weight excluding hydrogens is 253 g/mol. The lowest BCUT2D eigenvalue weighted by Crippen LogP contribution is -2.35. The van der Waals surface area contributed by atoms with Crippen LogP contribution in [0.25, 0.3) is 0 Å². The van der Waals surface area contributed by atoms with Crippen LogP contribution < -0.4 is 4.90 Å². The van der Waals surface area contributed by atoms with Gasteiger partial charge < -0.3 is 10.0 Å². The van der Waals surface area contributed by atoms with Crippen molar-refractivity contribution in [3.8, 4) is 0 Å². The smallest absolute Gasteiger partial charge is 0.153 e. The highest BCUT2D eigenvalue weighted by atomic mass is 19.1. The van der Waals surface area contributed by atoms with E-state index < -0.39 is 6.23 Å². The molecule has 0 radical (unpaired) electrons. The number of aliphatic hydroxyl groups excluding tert-OH is 1. The maximum absolute atomic E-state index is 13.4. The summed E-state index contributed by atoms with van der Waals surface area (Å²) >= 11 is 0. The standard InChI is InChI=1S/C17H20FNO/c1-12(2)19(15-9-10-16(18)13(3)11-15)17(20)14-7-5-4-6-8-14/h4-12,17,20H,1-3H3. The zero-order chi connectivity index (χ0) is 14.7. The molecule has 1 unspecified atom stereocenters. The number of nitrogens with zero attached hydrogens (tertiary/aromatic N) is 1. The Labute approximate surface area is 119 Å². The number of hydrogen-bond acceptors (Lipinski definition) is 2. The molecule has 0 aliphatic rings. The van der Waals surface area contributed by atoms with Gasteiger partial charge in [-0.25, -0.2) is 4.39 Å². The fraction of sp³-hybridized carbons (Fsp3) is 0.294. The summed E-state index contributed by atoms with van der Waals surface area (Å²) in [5, 5.41) is 10.6. The summed E-state index contributed by atoms with van der Waals surface area (Å²) in [6.45, 7) is 5.74. The molecule has 20 heavy (non-hydrogen) atoms. The van der Waals surface area contributed by atoms with E-state index in [9.17, 15) is 9.50 Å². The monoisotopic (exact) mass is 273 g/mol. The van der Waals surface area contributed by atoms with Crippen LogP contribution in [-0.2, 0) is 0 Å². The minimum absolute atomic E-state index is 0.0927. The molecule has 1 atom stereocenters. The topological polar surface area (TPSA) is 23.5 Å². The summed E-state index contributed by atoms with van der Waals surface area (Å²) in [6.07, 6.45) is -0.749. The first-order valence-corrected chi connectivity index (χ1v) is 6.78. The number of anilines is 1. The van der Waals surface area contributed by atoms with Gasteiger partial charge in [0.05, 0.1) is 0 Å². The van der Waals surface area contributed by atoms with Crippen LogP contribution in [0.2, 0.25) is 0 Å². The van der Waals surface area contributed by atoms with Crippen molar-refractivity contribution in [2.24, 2.45) is 0 Å². The minimum atomic E-state index is -0.749. The molecule has 0 aliphatic heterocycles. The van der Waals surface area contributed by atoms with E-state index in [1.165, 1.54) is 6.07 Å². The van der Waals surface area contributed by atoms with Crippen molar-refractivity contribution in [2.75, 3.05) is 4.90 Å². The average Bonchev–Trinajstić information content (AvgIpc) is 2.43. The molecule has 2 aromatic carbocycles. The van der Waals surface area contributed by atoms with E-state index in [2.05, 4.69) is 0 Å². The lowest BCUT2D eigenvalue weighted by atomic mass is 10.1.